The van der Waals surface area contributed by atoms with Crippen molar-refractivity contribution in [1.82, 2.24) is 4.98 Å². The second-order valence-corrected chi connectivity index (χ2v) is 6.26. The van der Waals surface area contributed by atoms with E-state index in [4.69, 9.17) is 14.0 Å². The van der Waals surface area contributed by atoms with Gasteiger partial charge in [-0.2, -0.15) is 0 Å². The van der Waals surface area contributed by atoms with E-state index in [0.29, 0.717) is 11.5 Å². The zero-order valence-corrected chi connectivity index (χ0v) is 12.9. The molecule has 1 aliphatic heterocycles. The molecule has 0 unspecified atom stereocenters. The molecule has 1 saturated heterocycles. The van der Waals surface area contributed by atoms with Gasteiger partial charge in [-0.1, -0.05) is 15.9 Å². The summed E-state index contributed by atoms with van der Waals surface area (Å²) in [6.07, 6.45) is 0. The number of halogens is 1. The molecule has 0 spiro atoms. The maximum Gasteiger partial charge on any atom is 0.514 e. The van der Waals surface area contributed by atoms with Crippen LogP contribution in [0, 0.1) is 0 Å². The van der Waals surface area contributed by atoms with Crippen molar-refractivity contribution in [3.05, 3.63) is 16.6 Å². The summed E-state index contributed by atoms with van der Waals surface area (Å²) in [7, 11) is 1.12. The molecule has 4 nitrogen and oxygen atoms in total. The highest BCUT2D eigenvalue weighted by molar-refractivity contribution is 9.10. The Kier molecular flexibility index (Phi) is 3.47. The number of nitrogens with zero attached hydrogens (tertiary/aromatic N) is 1. The molecular weight excluding hydrogens is 297 g/mol. The van der Waals surface area contributed by atoms with Crippen LogP contribution in [0.3, 0.4) is 0 Å². The number of aromatic nitrogens is 1. The van der Waals surface area contributed by atoms with Crippen molar-refractivity contribution in [2.45, 2.75) is 38.9 Å². The fourth-order valence-electron chi connectivity index (χ4n) is 1.68. The summed E-state index contributed by atoms with van der Waals surface area (Å²) in [6.45, 7) is 8.06. The Hall–Kier alpha value is -0.585. The molecular formula is C12H17BBrNO3. The molecule has 1 aliphatic rings. The third-order valence-corrected chi connectivity index (χ3v) is 3.95. The van der Waals surface area contributed by atoms with Gasteiger partial charge >= 0.3 is 7.12 Å². The second kappa shape index (κ2) is 4.51. The van der Waals surface area contributed by atoms with Gasteiger partial charge in [0.1, 0.15) is 0 Å². The molecule has 18 heavy (non-hydrogen) atoms. The van der Waals surface area contributed by atoms with Gasteiger partial charge < -0.3 is 14.0 Å². The second-order valence-electron chi connectivity index (χ2n) is 5.34. The topological polar surface area (TPSA) is 40.6 Å². The monoisotopic (exact) mass is 313 g/mol. The van der Waals surface area contributed by atoms with Gasteiger partial charge in [0.15, 0.2) is 0 Å². The van der Waals surface area contributed by atoms with E-state index in [1.54, 1.807) is 13.2 Å². The van der Waals surface area contributed by atoms with Gasteiger partial charge in [0, 0.05) is 10.5 Å². The van der Waals surface area contributed by atoms with Crippen LogP contribution in [0.25, 0.3) is 0 Å². The first kappa shape index (κ1) is 13.8. The van der Waals surface area contributed by atoms with E-state index in [-0.39, 0.29) is 11.2 Å². The number of rotatable bonds is 2. The summed E-state index contributed by atoms with van der Waals surface area (Å²) in [5.74, 6) is 0.536. The van der Waals surface area contributed by atoms with E-state index in [1.807, 2.05) is 33.8 Å². The number of hydrogen-bond donors (Lipinski definition) is 0. The Morgan fingerprint density at radius 1 is 1.17 bits per heavy atom. The lowest BCUT2D eigenvalue weighted by Crippen LogP contribution is -2.41. The Morgan fingerprint density at radius 3 is 2.22 bits per heavy atom. The van der Waals surface area contributed by atoms with Gasteiger partial charge in [-0.25, -0.2) is 4.98 Å². The molecule has 6 heteroatoms. The molecule has 2 heterocycles. The molecule has 0 N–H and O–H groups in total. The quantitative estimate of drug-likeness (QED) is 0.785. The van der Waals surface area contributed by atoms with Crippen LogP contribution in [0.15, 0.2) is 16.6 Å². The van der Waals surface area contributed by atoms with E-state index in [9.17, 15) is 0 Å². The smallest absolute Gasteiger partial charge is 0.481 e. The van der Waals surface area contributed by atoms with Crippen LogP contribution in [0.1, 0.15) is 27.7 Å². The molecule has 0 saturated carbocycles. The zero-order chi connectivity index (χ0) is 13.6. The summed E-state index contributed by atoms with van der Waals surface area (Å²) >= 11 is 3.43. The maximum atomic E-state index is 5.94. The summed E-state index contributed by atoms with van der Waals surface area (Å²) in [4.78, 5) is 4.36. The fraction of sp³-hybridized carbons (Fsp3) is 0.583. The average Bonchev–Trinajstić information content (AvgIpc) is 2.47. The number of ether oxygens (including phenoxy) is 1. The number of methoxy groups -OCH3 is 1. The Labute approximate surface area is 116 Å². The summed E-state index contributed by atoms with van der Waals surface area (Å²) in [6, 6.07) is 3.68. The van der Waals surface area contributed by atoms with Crippen molar-refractivity contribution >= 4 is 28.6 Å². The molecule has 0 radical (unpaired) electrons. The normalized spacial score (nSPS) is 21.1. The summed E-state index contributed by atoms with van der Waals surface area (Å²) < 4.78 is 17.9. The first-order valence-electron chi connectivity index (χ1n) is 5.82. The summed E-state index contributed by atoms with van der Waals surface area (Å²) in [5, 5.41) is 0. The van der Waals surface area contributed by atoms with E-state index < -0.39 is 7.12 Å². The van der Waals surface area contributed by atoms with Crippen molar-refractivity contribution in [3.63, 3.8) is 0 Å². The molecule has 0 aromatic carbocycles. The third-order valence-electron chi connectivity index (χ3n) is 3.49. The van der Waals surface area contributed by atoms with Crippen molar-refractivity contribution in [2.75, 3.05) is 7.11 Å². The van der Waals surface area contributed by atoms with E-state index in [2.05, 4.69) is 20.9 Å². The van der Waals surface area contributed by atoms with Gasteiger partial charge in [-0.3, -0.25) is 0 Å². The largest absolute Gasteiger partial charge is 0.514 e. The zero-order valence-electron chi connectivity index (χ0n) is 11.3. The average molecular weight is 314 g/mol. The standard InChI is InChI=1S/C12H17BBrNO3/c1-11(2)12(3,4)18-13(17-11)9-6-8(14)7-10(15-9)16-5/h6-7H,1-5H3. The maximum absolute atomic E-state index is 5.94. The molecule has 0 aliphatic carbocycles. The molecule has 98 valence electrons. The van der Waals surface area contributed by atoms with Gasteiger partial charge in [0.2, 0.25) is 5.88 Å². The van der Waals surface area contributed by atoms with Crippen LogP contribution in [0.5, 0.6) is 5.88 Å². The molecule has 0 bridgehead atoms. The highest BCUT2D eigenvalue weighted by Gasteiger charge is 2.52. The Morgan fingerprint density at radius 2 is 1.72 bits per heavy atom. The van der Waals surface area contributed by atoms with Crippen molar-refractivity contribution in [1.29, 1.82) is 0 Å². The van der Waals surface area contributed by atoms with Crippen LogP contribution >= 0.6 is 15.9 Å². The van der Waals surface area contributed by atoms with Gasteiger partial charge in [0.25, 0.3) is 0 Å². The fourth-order valence-corrected chi connectivity index (χ4v) is 2.11. The van der Waals surface area contributed by atoms with E-state index in [1.165, 1.54) is 0 Å². The lowest BCUT2D eigenvalue weighted by atomic mass is 9.84. The van der Waals surface area contributed by atoms with Crippen molar-refractivity contribution < 1.29 is 14.0 Å². The first-order valence-corrected chi connectivity index (χ1v) is 6.61. The molecule has 2 rings (SSSR count). The Bertz CT molecular complexity index is 449. The minimum absolute atomic E-state index is 0.366. The SMILES string of the molecule is COc1cc(Br)cc(B2OC(C)(C)C(C)(C)O2)n1. The van der Waals surface area contributed by atoms with Crippen LogP contribution in [0.4, 0.5) is 0 Å². The summed E-state index contributed by atoms with van der Waals surface area (Å²) in [5.41, 5.74) is -0.0241. The highest BCUT2D eigenvalue weighted by atomic mass is 79.9. The molecule has 1 fully saturated rings. The van der Waals surface area contributed by atoms with Crippen LogP contribution in [0.2, 0.25) is 0 Å². The minimum atomic E-state index is -0.471. The molecule has 0 amide bonds. The van der Waals surface area contributed by atoms with Crippen LogP contribution in [-0.2, 0) is 9.31 Å². The van der Waals surface area contributed by atoms with Crippen molar-refractivity contribution in [2.24, 2.45) is 0 Å². The lowest BCUT2D eigenvalue weighted by Gasteiger charge is -2.32. The molecule has 0 atom stereocenters. The molecule has 1 aromatic heterocycles. The van der Waals surface area contributed by atoms with E-state index in [0.717, 1.165) is 4.47 Å². The molecule has 1 aromatic rings. The first-order chi connectivity index (χ1) is 8.25. The van der Waals surface area contributed by atoms with Gasteiger partial charge in [-0.15, -0.1) is 0 Å². The number of pyridine rings is 1. The van der Waals surface area contributed by atoms with Crippen LogP contribution in [-0.4, -0.2) is 30.4 Å². The predicted molar refractivity (Wildman–Crippen MR) is 74.2 cm³/mol. The highest BCUT2D eigenvalue weighted by Crippen LogP contribution is 2.36. The lowest BCUT2D eigenvalue weighted by molar-refractivity contribution is 0.00578. The van der Waals surface area contributed by atoms with E-state index >= 15 is 0 Å². The number of hydrogen-bond acceptors (Lipinski definition) is 4. The predicted octanol–water partition coefficient (Wildman–Crippen LogP) is 2.15. The Balaban J connectivity index is 2.32. The van der Waals surface area contributed by atoms with Crippen molar-refractivity contribution in [3.8, 4) is 5.88 Å². The van der Waals surface area contributed by atoms with Gasteiger partial charge in [-0.05, 0) is 33.8 Å². The van der Waals surface area contributed by atoms with Gasteiger partial charge in [0.05, 0.1) is 23.9 Å². The minimum Gasteiger partial charge on any atom is -0.481 e. The third kappa shape index (κ3) is 2.42. The van der Waals surface area contributed by atoms with Crippen LogP contribution < -0.4 is 10.3 Å².